The smallest absolute Gasteiger partial charge is 0.356 e. The summed E-state index contributed by atoms with van der Waals surface area (Å²) in [6.45, 7) is 1.85. The molecule has 2 aromatic rings. The maximum Gasteiger partial charge on any atom is 0.434 e. The van der Waals surface area contributed by atoms with Crippen molar-refractivity contribution < 1.29 is 13.2 Å². The average Bonchev–Trinajstić information content (AvgIpc) is 3.25. The number of aromatic nitrogens is 4. The molecular formula is C15H21F3IN7S. The third kappa shape index (κ3) is 5.77. The van der Waals surface area contributed by atoms with E-state index < -0.39 is 11.9 Å². The van der Waals surface area contributed by atoms with Crippen LogP contribution in [0.1, 0.15) is 35.2 Å². The minimum atomic E-state index is -4.39. The molecule has 27 heavy (non-hydrogen) atoms. The minimum Gasteiger partial charge on any atom is -0.356 e. The number of nitrogens with zero attached hydrogens (tertiary/aromatic N) is 5. The monoisotopic (exact) mass is 515 g/mol. The Hall–Kier alpha value is -1.44. The summed E-state index contributed by atoms with van der Waals surface area (Å²) in [4.78, 5) is 7.73. The fourth-order valence-electron chi connectivity index (χ4n) is 2.73. The number of thiazole rings is 1. The van der Waals surface area contributed by atoms with E-state index in [0.29, 0.717) is 30.5 Å². The number of alkyl halides is 3. The maximum atomic E-state index is 12.5. The summed E-state index contributed by atoms with van der Waals surface area (Å²) in [7, 11) is 1.64. The fourth-order valence-corrected chi connectivity index (χ4v) is 3.53. The molecule has 0 unspecified atom stereocenters. The van der Waals surface area contributed by atoms with Crippen molar-refractivity contribution in [1.82, 2.24) is 30.4 Å². The summed E-state index contributed by atoms with van der Waals surface area (Å²) in [6.07, 6.45) is -0.785. The molecule has 7 nitrogen and oxygen atoms in total. The Bertz CT molecular complexity index is 772. The van der Waals surface area contributed by atoms with E-state index in [2.05, 4.69) is 35.4 Å². The molecule has 0 amide bonds. The molecule has 0 bridgehead atoms. The number of hydrogen-bond donors (Lipinski definition) is 2. The molecule has 0 aliphatic carbocycles. The van der Waals surface area contributed by atoms with Crippen LogP contribution >= 0.6 is 35.3 Å². The third-order valence-electron chi connectivity index (χ3n) is 4.05. The SMILES string of the molecule is CN=C(NCCc1nc(C(F)(F)F)cs1)NCc1nnc2n1CCCC2.I. The first-order chi connectivity index (χ1) is 12.5. The molecule has 1 aliphatic heterocycles. The highest BCUT2D eigenvalue weighted by molar-refractivity contribution is 14.0. The van der Waals surface area contributed by atoms with Gasteiger partial charge in [-0.25, -0.2) is 4.98 Å². The number of rotatable bonds is 5. The molecular weight excluding hydrogens is 494 g/mol. The number of hydrogen-bond acceptors (Lipinski definition) is 5. The van der Waals surface area contributed by atoms with E-state index in [1.165, 1.54) is 0 Å². The largest absolute Gasteiger partial charge is 0.434 e. The van der Waals surface area contributed by atoms with Crippen molar-refractivity contribution in [3.05, 3.63) is 27.7 Å². The number of fused-ring (bicyclic) bond motifs is 1. The van der Waals surface area contributed by atoms with Gasteiger partial charge in [0.05, 0.1) is 11.6 Å². The highest BCUT2D eigenvalue weighted by Gasteiger charge is 2.33. The highest BCUT2D eigenvalue weighted by atomic mass is 127. The zero-order chi connectivity index (χ0) is 18.6. The Balaban J connectivity index is 0.00000261. The van der Waals surface area contributed by atoms with E-state index in [0.717, 1.165) is 54.2 Å². The summed E-state index contributed by atoms with van der Waals surface area (Å²) in [6, 6.07) is 0. The van der Waals surface area contributed by atoms with Gasteiger partial charge in [0.2, 0.25) is 0 Å². The van der Waals surface area contributed by atoms with Crippen LogP contribution in [0.25, 0.3) is 0 Å². The van der Waals surface area contributed by atoms with E-state index >= 15 is 0 Å². The molecule has 0 aromatic carbocycles. The van der Waals surface area contributed by atoms with Crippen LogP contribution in [0, 0.1) is 0 Å². The van der Waals surface area contributed by atoms with Gasteiger partial charge in [0.15, 0.2) is 17.5 Å². The molecule has 0 fully saturated rings. The Morgan fingerprint density at radius 3 is 2.81 bits per heavy atom. The first kappa shape index (κ1) is 21.9. The lowest BCUT2D eigenvalue weighted by Crippen LogP contribution is -2.38. The molecule has 3 rings (SSSR count). The third-order valence-corrected chi connectivity index (χ3v) is 4.96. The molecule has 12 heteroatoms. The van der Waals surface area contributed by atoms with Gasteiger partial charge in [-0.15, -0.1) is 45.5 Å². The predicted molar refractivity (Wildman–Crippen MR) is 107 cm³/mol. The highest BCUT2D eigenvalue weighted by Crippen LogP contribution is 2.29. The lowest BCUT2D eigenvalue weighted by Gasteiger charge is -2.16. The van der Waals surface area contributed by atoms with Crippen molar-refractivity contribution in [2.75, 3.05) is 13.6 Å². The van der Waals surface area contributed by atoms with Gasteiger partial charge in [-0.05, 0) is 12.8 Å². The van der Waals surface area contributed by atoms with Crippen LogP contribution in [-0.4, -0.2) is 39.3 Å². The molecule has 2 N–H and O–H groups in total. The first-order valence-corrected chi connectivity index (χ1v) is 9.22. The molecule has 2 aromatic heterocycles. The van der Waals surface area contributed by atoms with Crippen molar-refractivity contribution in [1.29, 1.82) is 0 Å². The molecule has 0 saturated carbocycles. The molecule has 150 valence electrons. The van der Waals surface area contributed by atoms with Gasteiger partial charge in [0.1, 0.15) is 5.82 Å². The lowest BCUT2D eigenvalue weighted by molar-refractivity contribution is -0.140. The van der Waals surface area contributed by atoms with Gasteiger partial charge < -0.3 is 15.2 Å². The van der Waals surface area contributed by atoms with Gasteiger partial charge in [-0.3, -0.25) is 4.99 Å². The fraction of sp³-hybridized carbons (Fsp3) is 0.600. The van der Waals surface area contributed by atoms with Crippen LogP contribution in [-0.2, 0) is 32.1 Å². The van der Waals surface area contributed by atoms with Gasteiger partial charge in [-0.1, -0.05) is 0 Å². The van der Waals surface area contributed by atoms with E-state index in [1.54, 1.807) is 7.05 Å². The average molecular weight is 515 g/mol. The predicted octanol–water partition coefficient (Wildman–Crippen LogP) is 2.62. The van der Waals surface area contributed by atoms with Crippen LogP contribution in [0.5, 0.6) is 0 Å². The van der Waals surface area contributed by atoms with Crippen LogP contribution in [0.15, 0.2) is 10.4 Å². The Labute approximate surface area is 175 Å². The van der Waals surface area contributed by atoms with Crippen molar-refractivity contribution in [3.8, 4) is 0 Å². The van der Waals surface area contributed by atoms with E-state index in [9.17, 15) is 13.2 Å². The Kier molecular flexibility index (Phi) is 7.82. The second kappa shape index (κ2) is 9.66. The van der Waals surface area contributed by atoms with Crippen molar-refractivity contribution in [3.63, 3.8) is 0 Å². The van der Waals surface area contributed by atoms with E-state index in [1.807, 2.05) is 0 Å². The molecule has 0 atom stereocenters. The summed E-state index contributed by atoms with van der Waals surface area (Å²) in [5.41, 5.74) is -0.836. The Morgan fingerprint density at radius 2 is 2.11 bits per heavy atom. The van der Waals surface area contributed by atoms with E-state index in [-0.39, 0.29) is 24.0 Å². The summed E-state index contributed by atoms with van der Waals surface area (Å²) in [5.74, 6) is 2.43. The standard InChI is InChI=1S/C15H20F3N7S.HI/c1-19-14(20-6-5-13-22-10(9-26-13)15(16,17)18)21-8-12-24-23-11-4-2-3-7-25(11)12;/h9H,2-8H2,1H3,(H2,19,20,21);1H. The van der Waals surface area contributed by atoms with Crippen molar-refractivity contribution in [2.45, 2.75) is 44.9 Å². The number of halogens is 4. The van der Waals surface area contributed by atoms with Crippen LogP contribution < -0.4 is 10.6 Å². The number of aryl methyl sites for hydroxylation is 1. The Morgan fingerprint density at radius 1 is 1.30 bits per heavy atom. The summed E-state index contributed by atoms with van der Waals surface area (Å²) < 4.78 is 39.8. The maximum absolute atomic E-state index is 12.5. The molecule has 3 heterocycles. The van der Waals surface area contributed by atoms with Gasteiger partial charge in [-0.2, -0.15) is 13.2 Å². The van der Waals surface area contributed by atoms with Gasteiger partial charge >= 0.3 is 6.18 Å². The van der Waals surface area contributed by atoms with Crippen LogP contribution in [0.2, 0.25) is 0 Å². The first-order valence-electron chi connectivity index (χ1n) is 8.34. The minimum absolute atomic E-state index is 0. The van der Waals surface area contributed by atoms with Crippen molar-refractivity contribution >= 4 is 41.3 Å². The topological polar surface area (TPSA) is 80.0 Å². The van der Waals surface area contributed by atoms with Crippen LogP contribution in [0.4, 0.5) is 13.2 Å². The molecule has 0 radical (unpaired) electrons. The number of aliphatic imine (C=N–C) groups is 1. The molecule has 0 saturated heterocycles. The number of nitrogens with one attached hydrogen (secondary N) is 2. The normalized spacial score (nSPS) is 14.4. The summed E-state index contributed by atoms with van der Waals surface area (Å²) in [5, 5.41) is 16.1. The molecule has 0 spiro atoms. The number of guanidine groups is 1. The summed E-state index contributed by atoms with van der Waals surface area (Å²) >= 11 is 1.01. The zero-order valence-corrected chi connectivity index (χ0v) is 17.9. The van der Waals surface area contributed by atoms with E-state index in [4.69, 9.17) is 0 Å². The quantitative estimate of drug-likeness (QED) is 0.364. The second-order valence-corrected chi connectivity index (χ2v) is 6.81. The zero-order valence-electron chi connectivity index (χ0n) is 14.7. The van der Waals surface area contributed by atoms with Gasteiger partial charge in [0, 0.05) is 38.4 Å². The lowest BCUT2D eigenvalue weighted by atomic mass is 10.2. The molecule has 1 aliphatic rings. The van der Waals surface area contributed by atoms with Gasteiger partial charge in [0.25, 0.3) is 0 Å². The second-order valence-electron chi connectivity index (χ2n) is 5.87. The van der Waals surface area contributed by atoms with Crippen LogP contribution in [0.3, 0.4) is 0 Å². The van der Waals surface area contributed by atoms with Crippen molar-refractivity contribution in [2.24, 2.45) is 4.99 Å².